The van der Waals surface area contributed by atoms with Crippen LogP contribution in [0.5, 0.6) is 0 Å². The van der Waals surface area contributed by atoms with E-state index in [1.165, 1.54) is 35.7 Å². The monoisotopic (exact) mass is 433 g/mol. The Balaban J connectivity index is 1.37. The fraction of sp³-hybridized carbons (Fsp3) is 0.350. The van der Waals surface area contributed by atoms with Crippen molar-refractivity contribution in [3.05, 3.63) is 47.7 Å². The molecule has 158 valence electrons. The van der Waals surface area contributed by atoms with Crippen molar-refractivity contribution < 1.29 is 18.7 Å². The number of nitrogens with one attached hydrogen (secondary N) is 1. The highest BCUT2D eigenvalue weighted by Gasteiger charge is 2.25. The molecule has 1 fully saturated rings. The summed E-state index contributed by atoms with van der Waals surface area (Å²) in [4.78, 5) is 24.4. The number of aliphatic hydroxyl groups is 1. The van der Waals surface area contributed by atoms with Crippen LogP contribution in [0.15, 0.2) is 30.5 Å². The Morgan fingerprint density at radius 3 is 2.73 bits per heavy atom. The highest BCUT2D eigenvalue weighted by molar-refractivity contribution is 7.22. The van der Waals surface area contributed by atoms with E-state index in [-0.39, 0.29) is 17.7 Å². The predicted octanol–water partition coefficient (Wildman–Crippen LogP) is 3.77. The molecule has 1 atom stereocenters. The first-order chi connectivity index (χ1) is 14.4. The molecule has 0 radical (unpaired) electrons. The van der Waals surface area contributed by atoms with Crippen LogP contribution < -0.4 is 10.2 Å². The molecule has 3 aromatic rings. The van der Waals surface area contributed by atoms with E-state index >= 15 is 0 Å². The molecule has 0 spiro atoms. The van der Waals surface area contributed by atoms with E-state index < -0.39 is 11.9 Å². The minimum Gasteiger partial charge on any atom is -0.388 e. The zero-order valence-electron chi connectivity index (χ0n) is 16.3. The number of thiazole rings is 1. The second-order valence-electron chi connectivity index (χ2n) is 7.03. The van der Waals surface area contributed by atoms with Gasteiger partial charge in [0.15, 0.2) is 16.8 Å². The smallest absolute Gasteiger partial charge is 0.323 e. The Bertz CT molecular complexity index is 1070. The molecular formula is C20H21F2N5O2S. The molecule has 3 heterocycles. The lowest BCUT2D eigenvalue weighted by Gasteiger charge is -2.35. The number of hydrogen-bond acceptors (Lipinski definition) is 6. The molecule has 1 aromatic carbocycles. The molecule has 2 amide bonds. The van der Waals surface area contributed by atoms with Crippen molar-refractivity contribution in [1.29, 1.82) is 0 Å². The van der Waals surface area contributed by atoms with Gasteiger partial charge in [0.2, 0.25) is 0 Å². The van der Waals surface area contributed by atoms with E-state index in [1.54, 1.807) is 15.9 Å². The van der Waals surface area contributed by atoms with Crippen LogP contribution in [0.3, 0.4) is 0 Å². The molecule has 1 aliphatic rings. The van der Waals surface area contributed by atoms with E-state index in [1.807, 2.05) is 6.92 Å². The van der Waals surface area contributed by atoms with Crippen molar-refractivity contribution in [3.63, 3.8) is 0 Å². The quantitative estimate of drug-likeness (QED) is 0.655. The fourth-order valence-electron chi connectivity index (χ4n) is 3.34. The van der Waals surface area contributed by atoms with Gasteiger partial charge >= 0.3 is 6.03 Å². The number of halogens is 2. The number of rotatable bonds is 4. The third kappa shape index (κ3) is 4.19. The Labute approximate surface area is 176 Å². The number of piperazine rings is 1. The molecule has 30 heavy (non-hydrogen) atoms. The molecule has 2 N–H and O–H groups in total. The third-order valence-corrected chi connectivity index (χ3v) is 5.98. The minimum atomic E-state index is -0.736. The highest BCUT2D eigenvalue weighted by Crippen LogP contribution is 2.27. The van der Waals surface area contributed by atoms with Crippen LogP contribution in [0.4, 0.5) is 24.5 Å². The number of aliphatic hydroxyl groups excluding tert-OH is 1. The van der Waals surface area contributed by atoms with Crippen molar-refractivity contribution in [2.75, 3.05) is 36.4 Å². The number of nitrogens with zero attached hydrogens (tertiary/aromatic N) is 4. The SMILES string of the molecule is CC[C@H](O)c1cnc(N2CCN(C(=O)Nc3nc4ccc(F)cc4s3)CC2)c(F)c1. The van der Waals surface area contributed by atoms with E-state index in [9.17, 15) is 18.7 Å². The summed E-state index contributed by atoms with van der Waals surface area (Å²) < 4.78 is 28.4. The van der Waals surface area contributed by atoms with Gasteiger partial charge in [-0.05, 0) is 30.7 Å². The normalized spacial score (nSPS) is 15.5. The molecule has 1 saturated heterocycles. The minimum absolute atomic E-state index is 0.218. The highest BCUT2D eigenvalue weighted by atomic mass is 32.1. The summed E-state index contributed by atoms with van der Waals surface area (Å²) in [5, 5.41) is 13.0. The molecule has 2 aromatic heterocycles. The van der Waals surface area contributed by atoms with Gasteiger partial charge in [-0.15, -0.1) is 0 Å². The number of urea groups is 1. The van der Waals surface area contributed by atoms with E-state index in [0.29, 0.717) is 53.5 Å². The average Bonchev–Trinajstić information content (AvgIpc) is 3.14. The largest absolute Gasteiger partial charge is 0.388 e. The molecule has 4 rings (SSSR count). The van der Waals surface area contributed by atoms with E-state index in [2.05, 4.69) is 15.3 Å². The van der Waals surface area contributed by atoms with Gasteiger partial charge in [0, 0.05) is 37.9 Å². The van der Waals surface area contributed by atoms with Gasteiger partial charge in [0.05, 0.1) is 16.3 Å². The molecule has 0 aliphatic carbocycles. The van der Waals surface area contributed by atoms with Crippen molar-refractivity contribution in [1.82, 2.24) is 14.9 Å². The number of carbonyl (C=O) groups excluding carboxylic acids is 1. The maximum atomic E-state index is 14.5. The van der Waals surface area contributed by atoms with Gasteiger partial charge in [-0.2, -0.15) is 0 Å². The third-order valence-electron chi connectivity index (χ3n) is 5.05. The number of benzene rings is 1. The standard InChI is InChI=1S/C20H21F2N5O2S/c1-2-16(28)12-9-14(22)18(23-11-12)26-5-7-27(8-6-26)20(29)25-19-24-15-4-3-13(21)10-17(15)30-19/h3-4,9-11,16,28H,2,5-8H2,1H3,(H,24,25,29)/t16-/m0/s1. The molecule has 10 heteroatoms. The Hall–Kier alpha value is -2.85. The summed E-state index contributed by atoms with van der Waals surface area (Å²) in [7, 11) is 0. The maximum Gasteiger partial charge on any atom is 0.323 e. The summed E-state index contributed by atoms with van der Waals surface area (Å²) in [5.74, 6) is -0.617. The second kappa shape index (κ2) is 8.49. The molecule has 1 aliphatic heterocycles. The predicted molar refractivity (Wildman–Crippen MR) is 112 cm³/mol. The van der Waals surface area contributed by atoms with Crippen LogP contribution in [0, 0.1) is 11.6 Å². The lowest BCUT2D eigenvalue weighted by Crippen LogP contribution is -2.50. The van der Waals surface area contributed by atoms with Crippen molar-refractivity contribution >= 4 is 38.5 Å². The van der Waals surface area contributed by atoms with Gasteiger partial charge in [-0.25, -0.2) is 23.5 Å². The Kier molecular flexibility index (Phi) is 5.78. The number of aromatic nitrogens is 2. The van der Waals surface area contributed by atoms with Gasteiger partial charge in [0.1, 0.15) is 5.82 Å². The lowest BCUT2D eigenvalue weighted by molar-refractivity contribution is 0.173. The number of carbonyl (C=O) groups is 1. The van der Waals surface area contributed by atoms with E-state index in [0.717, 1.165) is 0 Å². The first-order valence-electron chi connectivity index (χ1n) is 9.65. The van der Waals surface area contributed by atoms with Crippen LogP contribution in [0.25, 0.3) is 10.2 Å². The Morgan fingerprint density at radius 2 is 2.03 bits per heavy atom. The topological polar surface area (TPSA) is 81.6 Å². The number of hydrogen-bond donors (Lipinski definition) is 2. The maximum absolute atomic E-state index is 14.5. The van der Waals surface area contributed by atoms with Gasteiger partial charge < -0.3 is 14.9 Å². The number of pyridine rings is 1. The summed E-state index contributed by atoms with van der Waals surface area (Å²) in [6.45, 7) is 3.46. The zero-order chi connectivity index (χ0) is 21.3. The first kappa shape index (κ1) is 20.4. The number of amides is 2. The zero-order valence-corrected chi connectivity index (χ0v) is 17.1. The van der Waals surface area contributed by atoms with Crippen molar-refractivity contribution in [3.8, 4) is 0 Å². The molecular weight excluding hydrogens is 412 g/mol. The fourth-order valence-corrected chi connectivity index (χ4v) is 4.22. The van der Waals surface area contributed by atoms with Gasteiger partial charge in [-0.3, -0.25) is 5.32 Å². The number of anilines is 2. The van der Waals surface area contributed by atoms with Crippen molar-refractivity contribution in [2.45, 2.75) is 19.4 Å². The summed E-state index contributed by atoms with van der Waals surface area (Å²) in [6.07, 6.45) is 1.24. The number of fused-ring (bicyclic) bond motifs is 1. The van der Waals surface area contributed by atoms with Crippen LogP contribution in [0.2, 0.25) is 0 Å². The summed E-state index contributed by atoms with van der Waals surface area (Å²) >= 11 is 1.21. The molecule has 0 bridgehead atoms. The molecule has 0 unspecified atom stereocenters. The Morgan fingerprint density at radius 1 is 1.27 bits per heavy atom. The molecule has 7 nitrogen and oxygen atoms in total. The van der Waals surface area contributed by atoms with Crippen LogP contribution in [-0.2, 0) is 0 Å². The van der Waals surface area contributed by atoms with Crippen LogP contribution in [-0.4, -0.2) is 52.2 Å². The molecule has 0 saturated carbocycles. The second-order valence-corrected chi connectivity index (χ2v) is 8.06. The van der Waals surface area contributed by atoms with Crippen LogP contribution in [0.1, 0.15) is 25.0 Å². The lowest BCUT2D eigenvalue weighted by atomic mass is 10.1. The summed E-state index contributed by atoms with van der Waals surface area (Å²) in [5.41, 5.74) is 1.08. The van der Waals surface area contributed by atoms with Crippen molar-refractivity contribution in [2.24, 2.45) is 0 Å². The van der Waals surface area contributed by atoms with Gasteiger partial charge in [-0.1, -0.05) is 18.3 Å². The first-order valence-corrected chi connectivity index (χ1v) is 10.5. The average molecular weight is 433 g/mol. The van der Waals surface area contributed by atoms with Crippen LogP contribution >= 0.6 is 11.3 Å². The summed E-state index contributed by atoms with van der Waals surface area (Å²) in [6, 6.07) is 5.29. The van der Waals surface area contributed by atoms with Gasteiger partial charge in [0.25, 0.3) is 0 Å². The van der Waals surface area contributed by atoms with E-state index in [4.69, 9.17) is 0 Å².